The summed E-state index contributed by atoms with van der Waals surface area (Å²) in [5.41, 5.74) is 4.25. The molecule has 2 aromatic carbocycles. The van der Waals surface area contributed by atoms with Gasteiger partial charge in [0.15, 0.2) is 0 Å². The zero-order valence-electron chi connectivity index (χ0n) is 15.3. The van der Waals surface area contributed by atoms with Crippen molar-refractivity contribution in [1.29, 1.82) is 0 Å². The van der Waals surface area contributed by atoms with Gasteiger partial charge in [0.05, 0.1) is 23.5 Å². The fourth-order valence-corrected chi connectivity index (χ4v) is 4.39. The first-order valence-corrected chi connectivity index (χ1v) is 10.4. The average Bonchev–Trinajstić information content (AvgIpc) is 3.34. The van der Waals surface area contributed by atoms with Gasteiger partial charge in [-0.2, -0.15) is 10.2 Å². The number of aromatic nitrogens is 1. The van der Waals surface area contributed by atoms with Crippen LogP contribution in [0.3, 0.4) is 0 Å². The van der Waals surface area contributed by atoms with E-state index in [0.717, 1.165) is 43.8 Å². The number of benzene rings is 2. The zero-order valence-corrected chi connectivity index (χ0v) is 17.8. The summed E-state index contributed by atoms with van der Waals surface area (Å²) >= 11 is 4.51. The number of H-pyrrole nitrogens is 1. The lowest BCUT2D eigenvalue weighted by atomic mass is 9.95. The Bertz CT molecular complexity index is 1210. The van der Waals surface area contributed by atoms with E-state index in [4.69, 9.17) is 4.74 Å². The Morgan fingerprint density at radius 3 is 2.59 bits per heavy atom. The summed E-state index contributed by atoms with van der Waals surface area (Å²) in [6.45, 7) is 2.54. The Balaban J connectivity index is 1.83. The van der Waals surface area contributed by atoms with Crippen LogP contribution in [0.1, 0.15) is 17.4 Å². The van der Waals surface area contributed by atoms with Gasteiger partial charge in [-0.3, -0.25) is 9.78 Å². The summed E-state index contributed by atoms with van der Waals surface area (Å²) < 4.78 is 6.46. The molecule has 0 aliphatic carbocycles. The van der Waals surface area contributed by atoms with Crippen molar-refractivity contribution in [2.45, 2.75) is 6.92 Å². The van der Waals surface area contributed by atoms with E-state index in [1.54, 1.807) is 12.4 Å². The molecule has 0 spiro atoms. The minimum Gasteiger partial charge on any atom is -0.493 e. The number of aromatic hydroxyl groups is 1. The molecule has 0 radical (unpaired) electrons. The first-order chi connectivity index (χ1) is 14.1. The topological polar surface area (TPSA) is 87.0 Å². The Hall–Kier alpha value is -2.97. The highest BCUT2D eigenvalue weighted by Gasteiger charge is 2.19. The van der Waals surface area contributed by atoms with E-state index in [-0.39, 0.29) is 10.8 Å². The molecule has 146 valence electrons. The first kappa shape index (κ1) is 19.4. The van der Waals surface area contributed by atoms with Crippen LogP contribution in [0, 0.1) is 0 Å². The minimum atomic E-state index is -0.325. The van der Waals surface area contributed by atoms with Crippen LogP contribution in [0.4, 0.5) is 0 Å². The molecule has 2 N–H and O–H groups in total. The minimum absolute atomic E-state index is 0.162. The number of rotatable bonds is 5. The summed E-state index contributed by atoms with van der Waals surface area (Å²) in [6, 6.07) is 13.8. The van der Waals surface area contributed by atoms with Crippen molar-refractivity contribution in [2.75, 3.05) is 6.61 Å². The number of allylic oxidation sites excluding steroid dienone is 1. The first-order valence-electron chi connectivity index (χ1n) is 8.83. The predicted octanol–water partition coefficient (Wildman–Crippen LogP) is 4.84. The Morgan fingerprint density at radius 1 is 1.17 bits per heavy atom. The molecular formula is C21H16BrN3O3S. The number of nitrogens with one attached hydrogen (secondary N) is 1. The second-order valence-electron chi connectivity index (χ2n) is 6.17. The van der Waals surface area contributed by atoms with Gasteiger partial charge in [-0.1, -0.05) is 35.6 Å². The number of aromatic amines is 1. The maximum absolute atomic E-state index is 11.8. The summed E-state index contributed by atoms with van der Waals surface area (Å²) in [4.78, 5) is 14.3. The van der Waals surface area contributed by atoms with Gasteiger partial charge >= 0.3 is 4.87 Å². The highest BCUT2D eigenvalue weighted by atomic mass is 79.9. The summed E-state index contributed by atoms with van der Waals surface area (Å²) in [5, 5.41) is 18.0. The molecule has 0 atom stereocenters. The predicted molar refractivity (Wildman–Crippen MR) is 120 cm³/mol. The summed E-state index contributed by atoms with van der Waals surface area (Å²) in [5.74, 6) is 0.626. The van der Waals surface area contributed by atoms with Crippen molar-refractivity contribution in [2.24, 2.45) is 10.2 Å². The van der Waals surface area contributed by atoms with Crippen LogP contribution < -0.4 is 9.61 Å². The number of ether oxygens (including phenoxy) is 1. The van der Waals surface area contributed by atoms with Gasteiger partial charge in [0.25, 0.3) is 0 Å². The molecule has 8 heteroatoms. The SMILES string of the molecule is CCOc1ccc(-c2cccc(C(=C3C=NN=C3)c3sc(=O)[nH]c3O)c2)cc1Br. The van der Waals surface area contributed by atoms with Crippen molar-refractivity contribution in [1.82, 2.24) is 4.98 Å². The van der Waals surface area contributed by atoms with E-state index in [9.17, 15) is 9.90 Å². The maximum Gasteiger partial charge on any atom is 0.307 e. The smallest absolute Gasteiger partial charge is 0.307 e. The molecule has 1 aliphatic rings. The molecule has 4 rings (SSSR count). The third kappa shape index (κ3) is 3.94. The maximum atomic E-state index is 11.8. The monoisotopic (exact) mass is 469 g/mol. The molecule has 0 amide bonds. The molecule has 29 heavy (non-hydrogen) atoms. The van der Waals surface area contributed by atoms with Crippen LogP contribution >= 0.6 is 27.3 Å². The highest BCUT2D eigenvalue weighted by Crippen LogP contribution is 2.36. The number of thiazole rings is 1. The number of halogens is 1. The van der Waals surface area contributed by atoms with Crippen LogP contribution in [0.15, 0.2) is 67.5 Å². The molecule has 0 unspecified atom stereocenters. The van der Waals surface area contributed by atoms with Gasteiger partial charge in [0.1, 0.15) is 10.6 Å². The van der Waals surface area contributed by atoms with E-state index in [1.165, 1.54) is 0 Å². The lowest BCUT2D eigenvalue weighted by Gasteiger charge is -2.12. The lowest BCUT2D eigenvalue weighted by Crippen LogP contribution is -1.95. The van der Waals surface area contributed by atoms with Crippen molar-refractivity contribution in [3.63, 3.8) is 0 Å². The normalized spacial score (nSPS) is 12.6. The van der Waals surface area contributed by atoms with Crippen LogP contribution in [0.2, 0.25) is 0 Å². The second-order valence-corrected chi connectivity index (χ2v) is 8.01. The standard InChI is InChI=1S/C21H16BrN3O3S/c1-2-28-17-7-6-13(9-16(17)22)12-4-3-5-14(8-12)18(15-10-23-24-11-15)19-20(26)25-21(27)29-19/h3-11,26H,2H2,1H3,(H,25,27). The van der Waals surface area contributed by atoms with E-state index in [1.807, 2.05) is 49.4 Å². The molecule has 1 aromatic heterocycles. The molecule has 3 aromatic rings. The second kappa shape index (κ2) is 8.18. The van der Waals surface area contributed by atoms with E-state index in [2.05, 4.69) is 31.1 Å². The highest BCUT2D eigenvalue weighted by molar-refractivity contribution is 9.10. The van der Waals surface area contributed by atoms with E-state index >= 15 is 0 Å². The molecule has 0 saturated heterocycles. The molecule has 6 nitrogen and oxygen atoms in total. The van der Waals surface area contributed by atoms with Crippen molar-refractivity contribution in [3.8, 4) is 22.8 Å². The van der Waals surface area contributed by atoms with Crippen LogP contribution in [-0.4, -0.2) is 29.1 Å². The summed E-state index contributed by atoms with van der Waals surface area (Å²) in [7, 11) is 0. The van der Waals surface area contributed by atoms with Crippen LogP contribution in [0.25, 0.3) is 16.7 Å². The van der Waals surface area contributed by atoms with Crippen molar-refractivity contribution < 1.29 is 9.84 Å². The van der Waals surface area contributed by atoms with Crippen molar-refractivity contribution in [3.05, 3.63) is 72.6 Å². The third-order valence-corrected chi connectivity index (χ3v) is 5.83. The zero-order chi connectivity index (χ0) is 20.4. The van der Waals surface area contributed by atoms with Gasteiger partial charge in [-0.15, -0.1) is 0 Å². The third-order valence-electron chi connectivity index (χ3n) is 4.32. The Kier molecular flexibility index (Phi) is 5.46. The number of hydrogen-bond acceptors (Lipinski definition) is 6. The molecular weight excluding hydrogens is 454 g/mol. The van der Waals surface area contributed by atoms with Gasteiger partial charge in [0.2, 0.25) is 5.88 Å². The fraction of sp³-hybridized carbons (Fsp3) is 0.0952. The molecule has 1 aliphatic heterocycles. The lowest BCUT2D eigenvalue weighted by molar-refractivity contribution is 0.338. The van der Waals surface area contributed by atoms with E-state index < -0.39 is 0 Å². The van der Waals surface area contributed by atoms with Crippen LogP contribution in [-0.2, 0) is 0 Å². The Labute approximate surface area is 179 Å². The molecule has 2 heterocycles. The largest absolute Gasteiger partial charge is 0.493 e. The van der Waals surface area contributed by atoms with Gasteiger partial charge < -0.3 is 9.84 Å². The van der Waals surface area contributed by atoms with Crippen molar-refractivity contribution >= 4 is 45.3 Å². The van der Waals surface area contributed by atoms with Crippen LogP contribution in [0.5, 0.6) is 11.6 Å². The number of nitrogens with zero attached hydrogens (tertiary/aromatic N) is 2. The molecule has 0 bridgehead atoms. The number of hydrogen-bond donors (Lipinski definition) is 2. The molecule has 0 fully saturated rings. The molecule has 0 saturated carbocycles. The van der Waals surface area contributed by atoms with E-state index in [0.29, 0.717) is 17.1 Å². The summed E-state index contributed by atoms with van der Waals surface area (Å²) in [6.07, 6.45) is 3.22. The quantitative estimate of drug-likeness (QED) is 0.560. The fourth-order valence-electron chi connectivity index (χ4n) is 3.08. The van der Waals surface area contributed by atoms with Gasteiger partial charge in [-0.25, -0.2) is 0 Å². The van der Waals surface area contributed by atoms with Gasteiger partial charge in [-0.05, 0) is 57.7 Å². The van der Waals surface area contributed by atoms with Gasteiger partial charge in [0, 0.05) is 11.1 Å². The Morgan fingerprint density at radius 2 is 1.93 bits per heavy atom. The average molecular weight is 470 g/mol.